The van der Waals surface area contributed by atoms with Crippen molar-refractivity contribution < 1.29 is 38.2 Å². The highest BCUT2D eigenvalue weighted by Crippen LogP contribution is 2.65. The van der Waals surface area contributed by atoms with Crippen LogP contribution in [-0.2, 0) is 39.9 Å². The number of alkyl carbamates (subject to hydrolysis) is 1. The van der Waals surface area contributed by atoms with Crippen LogP contribution in [0, 0.1) is 22.7 Å². The van der Waals surface area contributed by atoms with E-state index in [0.29, 0.717) is 6.54 Å². The number of carbonyl (C=O) groups excluding carboxylic acids is 6. The van der Waals surface area contributed by atoms with E-state index >= 15 is 0 Å². The van der Waals surface area contributed by atoms with Crippen molar-refractivity contribution in [1.82, 2.24) is 20.9 Å². The van der Waals surface area contributed by atoms with Crippen LogP contribution in [0.1, 0.15) is 88.1 Å². The summed E-state index contributed by atoms with van der Waals surface area (Å²) in [5.41, 5.74) is -1.70. The van der Waals surface area contributed by atoms with Crippen molar-refractivity contribution >= 4 is 35.6 Å². The van der Waals surface area contributed by atoms with E-state index in [9.17, 15) is 28.8 Å². The summed E-state index contributed by atoms with van der Waals surface area (Å²) in [6.45, 7) is 20.1. The monoisotopic (exact) mass is 670 g/mol. The third-order valence-electron chi connectivity index (χ3n) is 8.71. The summed E-state index contributed by atoms with van der Waals surface area (Å²) in [6, 6.07) is 5.80. The fourth-order valence-corrected chi connectivity index (χ4v) is 6.29. The van der Waals surface area contributed by atoms with E-state index in [4.69, 9.17) is 9.47 Å². The quantitative estimate of drug-likeness (QED) is 0.238. The normalized spacial score (nSPS) is 21.2. The van der Waals surface area contributed by atoms with Crippen molar-refractivity contribution in [3.8, 4) is 0 Å². The van der Waals surface area contributed by atoms with Crippen molar-refractivity contribution in [2.24, 2.45) is 22.7 Å². The van der Waals surface area contributed by atoms with Gasteiger partial charge in [0.1, 0.15) is 29.3 Å². The number of ether oxygens (including phenoxy) is 2. The molecule has 4 amide bonds. The smallest absolute Gasteiger partial charge is 0.408 e. The van der Waals surface area contributed by atoms with Gasteiger partial charge in [0.25, 0.3) is 5.91 Å². The number of ketones is 1. The zero-order chi connectivity index (χ0) is 36.4. The minimum absolute atomic E-state index is 0.0356. The minimum atomic E-state index is -1.24. The number of nitrogens with one attached hydrogen (secondary N) is 3. The topological polar surface area (TPSA) is 160 Å². The Balaban J connectivity index is 1.83. The predicted octanol–water partition coefficient (Wildman–Crippen LogP) is 3.55. The molecule has 2 fully saturated rings. The summed E-state index contributed by atoms with van der Waals surface area (Å²) in [5, 5.41) is 8.00. The van der Waals surface area contributed by atoms with Gasteiger partial charge in [0, 0.05) is 19.5 Å². The van der Waals surface area contributed by atoms with Gasteiger partial charge >= 0.3 is 12.1 Å². The standard InChI is InChI=1S/C36H54N4O8/c1-33(2,3)28(39-32(46)48-35(7,8)9)31(45)40-20-22-25(36(22,10)11)26(40)29(43)38-23(19-21-15-13-12-14-16-21)27(42)30(44)37-18-17-24(41)47-34(4,5)6/h12-16,22-23,25-26,28H,17-20H2,1-11H3,(H,37,44)(H,38,43)(H,39,46)/t22?,23?,25-,26-,28+/m0/s1. The number of carbonyl (C=O) groups is 6. The molecule has 12 nitrogen and oxygen atoms in total. The number of amides is 4. The number of esters is 1. The number of benzene rings is 1. The van der Waals surface area contributed by atoms with Crippen molar-refractivity contribution in [2.45, 2.75) is 118 Å². The van der Waals surface area contributed by atoms with E-state index in [-0.39, 0.29) is 36.6 Å². The van der Waals surface area contributed by atoms with E-state index < -0.39 is 70.3 Å². The third kappa shape index (κ3) is 10.0. The van der Waals surface area contributed by atoms with Crippen molar-refractivity contribution in [1.29, 1.82) is 0 Å². The van der Waals surface area contributed by atoms with Crippen LogP contribution in [0.5, 0.6) is 0 Å². The Bertz CT molecular complexity index is 1390. The maximum atomic E-state index is 14.2. The Morgan fingerprint density at radius 1 is 0.875 bits per heavy atom. The van der Waals surface area contributed by atoms with Crippen LogP contribution < -0.4 is 16.0 Å². The first-order valence-electron chi connectivity index (χ1n) is 16.6. The van der Waals surface area contributed by atoms with Crippen LogP contribution in [0.4, 0.5) is 4.79 Å². The number of piperidine rings is 1. The number of nitrogens with zero attached hydrogens (tertiary/aromatic N) is 1. The fraction of sp³-hybridized carbons (Fsp3) is 0.667. The third-order valence-corrected chi connectivity index (χ3v) is 8.71. The summed E-state index contributed by atoms with van der Waals surface area (Å²) in [6.07, 6.45) is -0.837. The molecule has 2 unspecified atom stereocenters. The molecule has 1 saturated carbocycles. The van der Waals surface area contributed by atoms with E-state index in [1.165, 1.54) is 4.90 Å². The number of fused-ring (bicyclic) bond motifs is 1. The molecule has 0 radical (unpaired) electrons. The summed E-state index contributed by atoms with van der Waals surface area (Å²) < 4.78 is 10.7. The Hall–Kier alpha value is -3.96. The molecule has 266 valence electrons. The van der Waals surface area contributed by atoms with Crippen LogP contribution >= 0.6 is 0 Å². The molecular weight excluding hydrogens is 616 g/mol. The summed E-state index contributed by atoms with van der Waals surface area (Å²) >= 11 is 0. The maximum absolute atomic E-state index is 14.2. The SMILES string of the molecule is CC(C)(C)OC(=O)CCNC(=O)C(=O)C(Cc1ccccc1)NC(=O)[C@@H]1[C@@H]2C(CN1C(=O)[C@@H](NC(=O)OC(C)(C)C)C(C)(C)C)C2(C)C. The summed E-state index contributed by atoms with van der Waals surface area (Å²) in [5.74, 6) is -3.47. The van der Waals surface area contributed by atoms with Crippen LogP contribution in [0.25, 0.3) is 0 Å². The largest absolute Gasteiger partial charge is 0.460 e. The van der Waals surface area contributed by atoms with Gasteiger partial charge in [0.15, 0.2) is 0 Å². The molecule has 12 heteroatoms. The predicted molar refractivity (Wildman–Crippen MR) is 179 cm³/mol. The molecular formula is C36H54N4O8. The van der Waals surface area contributed by atoms with Crippen LogP contribution in [0.2, 0.25) is 0 Å². The average molecular weight is 671 g/mol. The molecule has 2 aliphatic rings. The van der Waals surface area contributed by atoms with Crippen LogP contribution in [0.3, 0.4) is 0 Å². The van der Waals surface area contributed by atoms with Gasteiger partial charge in [-0.1, -0.05) is 65.0 Å². The van der Waals surface area contributed by atoms with Gasteiger partial charge in [-0.05, 0) is 69.8 Å². The zero-order valence-corrected chi connectivity index (χ0v) is 30.3. The minimum Gasteiger partial charge on any atom is -0.460 e. The lowest BCUT2D eigenvalue weighted by atomic mass is 9.85. The maximum Gasteiger partial charge on any atom is 0.408 e. The van der Waals surface area contributed by atoms with Crippen LogP contribution in [0.15, 0.2) is 30.3 Å². The van der Waals surface area contributed by atoms with Gasteiger partial charge in [-0.15, -0.1) is 0 Å². The Morgan fingerprint density at radius 3 is 2.00 bits per heavy atom. The van der Waals surface area contributed by atoms with E-state index in [1.54, 1.807) is 65.8 Å². The summed E-state index contributed by atoms with van der Waals surface area (Å²) in [7, 11) is 0. The Morgan fingerprint density at radius 2 is 1.46 bits per heavy atom. The highest BCUT2D eigenvalue weighted by molar-refractivity contribution is 6.38. The lowest BCUT2D eigenvalue weighted by Crippen LogP contribution is -2.61. The lowest BCUT2D eigenvalue weighted by molar-refractivity contribution is -0.154. The van der Waals surface area contributed by atoms with Crippen molar-refractivity contribution in [3.63, 3.8) is 0 Å². The molecule has 48 heavy (non-hydrogen) atoms. The van der Waals surface area contributed by atoms with Crippen molar-refractivity contribution in [3.05, 3.63) is 35.9 Å². The second-order valence-corrected chi connectivity index (χ2v) is 16.5. The van der Waals surface area contributed by atoms with Crippen molar-refractivity contribution in [2.75, 3.05) is 13.1 Å². The number of rotatable bonds is 11. The molecule has 1 saturated heterocycles. The molecule has 0 aromatic heterocycles. The summed E-state index contributed by atoms with van der Waals surface area (Å²) in [4.78, 5) is 81.3. The van der Waals surface area contributed by atoms with Gasteiger partial charge in [0.2, 0.25) is 17.6 Å². The molecule has 1 aromatic rings. The zero-order valence-electron chi connectivity index (χ0n) is 30.3. The van der Waals surface area contributed by atoms with Gasteiger partial charge in [0.05, 0.1) is 6.42 Å². The Labute approximate surface area is 284 Å². The van der Waals surface area contributed by atoms with E-state index in [0.717, 1.165) is 5.56 Å². The molecule has 0 spiro atoms. The van der Waals surface area contributed by atoms with Crippen LogP contribution in [-0.4, -0.2) is 82.9 Å². The number of likely N-dealkylation sites (tertiary alicyclic amines) is 1. The highest BCUT2D eigenvalue weighted by Gasteiger charge is 2.70. The molecule has 1 aliphatic heterocycles. The molecule has 5 atom stereocenters. The molecule has 3 rings (SSSR count). The first-order valence-corrected chi connectivity index (χ1v) is 16.6. The number of Topliss-reactive ketones (excluding diaryl/α,β-unsaturated/α-hetero) is 1. The average Bonchev–Trinajstić information content (AvgIpc) is 3.24. The van der Waals surface area contributed by atoms with E-state index in [1.807, 2.05) is 40.7 Å². The van der Waals surface area contributed by atoms with Gasteiger partial charge in [-0.2, -0.15) is 0 Å². The first-order chi connectivity index (χ1) is 21.9. The van der Waals surface area contributed by atoms with Gasteiger partial charge in [-0.25, -0.2) is 4.79 Å². The fourth-order valence-electron chi connectivity index (χ4n) is 6.29. The molecule has 1 aromatic carbocycles. The van der Waals surface area contributed by atoms with Gasteiger partial charge < -0.3 is 30.3 Å². The Kier molecular flexibility index (Phi) is 11.4. The first kappa shape index (κ1) is 38.5. The van der Waals surface area contributed by atoms with Gasteiger partial charge in [-0.3, -0.25) is 24.0 Å². The molecule has 1 aliphatic carbocycles. The second-order valence-electron chi connectivity index (χ2n) is 16.5. The second kappa shape index (κ2) is 14.3. The number of hydrogen-bond acceptors (Lipinski definition) is 8. The molecule has 1 heterocycles. The molecule has 0 bridgehead atoms. The number of hydrogen-bond donors (Lipinski definition) is 3. The highest BCUT2D eigenvalue weighted by atomic mass is 16.6. The molecule has 3 N–H and O–H groups in total. The van der Waals surface area contributed by atoms with E-state index in [2.05, 4.69) is 16.0 Å². The lowest BCUT2D eigenvalue weighted by Gasteiger charge is -2.38.